The molecule has 1 aliphatic rings. The van der Waals surface area contributed by atoms with Gasteiger partial charge in [-0.3, -0.25) is 0 Å². The van der Waals surface area contributed by atoms with E-state index in [1.54, 1.807) is 22.7 Å². The van der Waals surface area contributed by atoms with E-state index in [0.29, 0.717) is 6.54 Å². The normalized spacial score (nSPS) is 14.4. The molecule has 0 aliphatic carbocycles. The molecule has 2 aromatic heterocycles. The highest BCUT2D eigenvalue weighted by Gasteiger charge is 2.15. The van der Waals surface area contributed by atoms with Crippen LogP contribution < -0.4 is 15.5 Å². The summed E-state index contributed by atoms with van der Waals surface area (Å²) in [6.45, 7) is 8.73. The average molecular weight is 506 g/mol. The van der Waals surface area contributed by atoms with E-state index in [-0.39, 0.29) is 24.0 Å². The molecule has 0 atom stereocenters. The summed E-state index contributed by atoms with van der Waals surface area (Å²) in [4.78, 5) is 17.4. The monoisotopic (exact) mass is 506 g/mol. The first-order valence-electron chi connectivity index (χ1n) is 8.87. The molecule has 144 valence electrons. The Kier molecular flexibility index (Phi) is 9.06. The third kappa shape index (κ3) is 6.34. The second-order valence-corrected chi connectivity index (χ2v) is 8.21. The van der Waals surface area contributed by atoms with E-state index < -0.39 is 0 Å². The molecular weight excluding hydrogens is 479 g/mol. The maximum atomic E-state index is 4.77. The van der Waals surface area contributed by atoms with E-state index in [2.05, 4.69) is 44.7 Å². The van der Waals surface area contributed by atoms with Crippen molar-refractivity contribution < 1.29 is 0 Å². The van der Waals surface area contributed by atoms with Crippen LogP contribution in [0.25, 0.3) is 0 Å². The van der Waals surface area contributed by atoms with Crippen LogP contribution in [0.3, 0.4) is 0 Å². The summed E-state index contributed by atoms with van der Waals surface area (Å²) >= 11 is 3.46. The topological polar surface area (TPSA) is 65.4 Å². The van der Waals surface area contributed by atoms with E-state index in [1.165, 1.54) is 22.9 Å². The standard InChI is InChI=1S/C17H26N6S2.HI/c1-3-18-16(21-11-15-20-10-13(2)25-15)19-7-6-14-12-24-17(22-14)23-8-4-5-9-23;/h10,12H,3-9,11H2,1-2H3,(H2,18,19,21);1H. The Hall–Kier alpha value is -0.940. The number of guanidine groups is 1. The van der Waals surface area contributed by atoms with Crippen molar-refractivity contribution in [3.05, 3.63) is 27.2 Å². The molecule has 0 spiro atoms. The van der Waals surface area contributed by atoms with Crippen molar-refractivity contribution in [3.63, 3.8) is 0 Å². The van der Waals surface area contributed by atoms with Gasteiger partial charge >= 0.3 is 0 Å². The highest BCUT2D eigenvalue weighted by molar-refractivity contribution is 14.0. The molecular formula is C17H27IN6S2. The van der Waals surface area contributed by atoms with Crippen LogP contribution in [0.4, 0.5) is 5.13 Å². The molecule has 2 N–H and O–H groups in total. The zero-order valence-corrected chi connectivity index (χ0v) is 19.3. The van der Waals surface area contributed by atoms with Crippen molar-refractivity contribution in [2.24, 2.45) is 4.99 Å². The molecule has 6 nitrogen and oxygen atoms in total. The number of hydrogen-bond donors (Lipinski definition) is 2. The molecule has 0 unspecified atom stereocenters. The fourth-order valence-corrected chi connectivity index (χ4v) is 4.36. The van der Waals surface area contributed by atoms with Gasteiger partial charge in [-0.05, 0) is 26.7 Å². The second-order valence-electron chi connectivity index (χ2n) is 6.05. The lowest BCUT2D eigenvalue weighted by atomic mass is 10.3. The third-order valence-corrected chi connectivity index (χ3v) is 5.82. The molecule has 0 amide bonds. The van der Waals surface area contributed by atoms with Gasteiger partial charge in [0, 0.05) is 49.1 Å². The zero-order chi connectivity index (χ0) is 17.5. The average Bonchev–Trinajstić information content (AvgIpc) is 3.34. The zero-order valence-electron chi connectivity index (χ0n) is 15.3. The lowest BCUT2D eigenvalue weighted by molar-refractivity contribution is 0.789. The summed E-state index contributed by atoms with van der Waals surface area (Å²) in [5, 5.41) is 11.1. The van der Waals surface area contributed by atoms with Crippen molar-refractivity contribution in [3.8, 4) is 0 Å². The van der Waals surface area contributed by atoms with Gasteiger partial charge in [-0.25, -0.2) is 15.0 Å². The van der Waals surface area contributed by atoms with Crippen LogP contribution in [0.15, 0.2) is 16.6 Å². The first kappa shape index (κ1) is 21.4. The number of aryl methyl sites for hydroxylation is 1. The van der Waals surface area contributed by atoms with E-state index in [0.717, 1.165) is 49.3 Å². The number of aliphatic imine (C=N–C) groups is 1. The summed E-state index contributed by atoms with van der Waals surface area (Å²) in [6, 6.07) is 0. The molecule has 0 saturated carbocycles. The van der Waals surface area contributed by atoms with Crippen molar-refractivity contribution in [1.29, 1.82) is 0 Å². The summed E-state index contributed by atoms with van der Waals surface area (Å²) in [7, 11) is 0. The molecule has 3 rings (SSSR count). The first-order valence-corrected chi connectivity index (χ1v) is 10.6. The fourth-order valence-electron chi connectivity index (χ4n) is 2.74. The molecule has 9 heteroatoms. The van der Waals surface area contributed by atoms with Crippen molar-refractivity contribution in [2.75, 3.05) is 31.1 Å². The van der Waals surface area contributed by atoms with Gasteiger partial charge in [0.25, 0.3) is 0 Å². The number of anilines is 1. The van der Waals surface area contributed by atoms with E-state index in [4.69, 9.17) is 4.98 Å². The van der Waals surface area contributed by atoms with Crippen LogP contribution in [0.5, 0.6) is 0 Å². The van der Waals surface area contributed by atoms with Gasteiger partial charge < -0.3 is 15.5 Å². The lowest BCUT2D eigenvalue weighted by Gasteiger charge is -2.12. The molecule has 0 aromatic carbocycles. The predicted octanol–water partition coefficient (Wildman–Crippen LogP) is 3.42. The third-order valence-electron chi connectivity index (χ3n) is 3.98. The Morgan fingerprint density at radius 1 is 1.31 bits per heavy atom. The fraction of sp³-hybridized carbons (Fsp3) is 0.588. The summed E-state index contributed by atoms with van der Waals surface area (Å²) < 4.78 is 0. The van der Waals surface area contributed by atoms with Crippen LogP contribution >= 0.6 is 46.7 Å². The van der Waals surface area contributed by atoms with Crippen molar-refractivity contribution in [1.82, 2.24) is 20.6 Å². The highest BCUT2D eigenvalue weighted by atomic mass is 127. The lowest BCUT2D eigenvalue weighted by Crippen LogP contribution is -2.38. The summed E-state index contributed by atoms with van der Waals surface area (Å²) in [6.07, 6.45) is 5.39. The number of rotatable bonds is 7. The van der Waals surface area contributed by atoms with Gasteiger partial charge in [0.1, 0.15) is 5.01 Å². The van der Waals surface area contributed by atoms with Gasteiger partial charge in [-0.15, -0.1) is 46.7 Å². The number of nitrogens with zero attached hydrogens (tertiary/aromatic N) is 4. The van der Waals surface area contributed by atoms with Crippen LogP contribution in [0, 0.1) is 6.92 Å². The first-order chi connectivity index (χ1) is 12.2. The number of nitrogens with one attached hydrogen (secondary N) is 2. The molecule has 2 aromatic rings. The number of thiazole rings is 2. The van der Waals surface area contributed by atoms with E-state index in [9.17, 15) is 0 Å². The van der Waals surface area contributed by atoms with Crippen LogP contribution in [-0.4, -0.2) is 42.1 Å². The largest absolute Gasteiger partial charge is 0.357 e. The van der Waals surface area contributed by atoms with Gasteiger partial charge in [-0.1, -0.05) is 0 Å². The Balaban J connectivity index is 0.00000243. The van der Waals surface area contributed by atoms with E-state index in [1.807, 2.05) is 6.20 Å². The summed E-state index contributed by atoms with van der Waals surface area (Å²) in [5.74, 6) is 0.838. The SMILES string of the molecule is CCNC(=NCc1ncc(C)s1)NCCc1csc(N2CCCC2)n1.I. The molecule has 1 aliphatic heterocycles. The Morgan fingerprint density at radius 3 is 2.81 bits per heavy atom. The van der Waals surface area contributed by atoms with Gasteiger partial charge in [0.15, 0.2) is 11.1 Å². The van der Waals surface area contributed by atoms with Crippen LogP contribution in [0.1, 0.15) is 35.3 Å². The molecule has 3 heterocycles. The van der Waals surface area contributed by atoms with Gasteiger partial charge in [0.05, 0.1) is 12.2 Å². The minimum atomic E-state index is 0. The number of aromatic nitrogens is 2. The Bertz CT molecular complexity index is 693. The van der Waals surface area contributed by atoms with Crippen LogP contribution in [-0.2, 0) is 13.0 Å². The molecule has 1 fully saturated rings. The molecule has 0 bridgehead atoms. The second kappa shape index (κ2) is 11.0. The number of hydrogen-bond acceptors (Lipinski definition) is 6. The predicted molar refractivity (Wildman–Crippen MR) is 122 cm³/mol. The minimum absolute atomic E-state index is 0. The smallest absolute Gasteiger partial charge is 0.191 e. The maximum Gasteiger partial charge on any atom is 0.191 e. The number of halogens is 1. The van der Waals surface area contributed by atoms with Crippen LogP contribution in [0.2, 0.25) is 0 Å². The van der Waals surface area contributed by atoms with Gasteiger partial charge in [-0.2, -0.15) is 0 Å². The highest BCUT2D eigenvalue weighted by Crippen LogP contribution is 2.24. The maximum absolute atomic E-state index is 4.77. The summed E-state index contributed by atoms with van der Waals surface area (Å²) in [5.41, 5.74) is 1.16. The quantitative estimate of drug-likeness (QED) is 0.342. The van der Waals surface area contributed by atoms with Crippen molar-refractivity contribution >= 4 is 57.7 Å². The van der Waals surface area contributed by atoms with E-state index >= 15 is 0 Å². The van der Waals surface area contributed by atoms with Gasteiger partial charge in [0.2, 0.25) is 0 Å². The minimum Gasteiger partial charge on any atom is -0.357 e. The molecule has 0 radical (unpaired) electrons. The molecule has 26 heavy (non-hydrogen) atoms. The molecule has 1 saturated heterocycles. The van der Waals surface area contributed by atoms with Crippen molar-refractivity contribution in [2.45, 2.75) is 39.7 Å². The Morgan fingerprint density at radius 2 is 2.12 bits per heavy atom. The Labute approximate surface area is 180 Å².